The Bertz CT molecular complexity index is 1030. The van der Waals surface area contributed by atoms with Gasteiger partial charge in [0.1, 0.15) is 6.17 Å². The molecule has 8 heteroatoms. The minimum atomic E-state index is -0.188. The molecule has 1 aliphatic carbocycles. The van der Waals surface area contributed by atoms with Crippen LogP contribution in [-0.2, 0) is 16.0 Å². The predicted octanol–water partition coefficient (Wildman–Crippen LogP) is 2.61. The number of amides is 2. The van der Waals surface area contributed by atoms with E-state index < -0.39 is 0 Å². The number of hydrogen-bond donors (Lipinski definition) is 4. The third-order valence-corrected chi connectivity index (χ3v) is 7.42. The number of aryl methyl sites for hydroxylation is 1. The summed E-state index contributed by atoms with van der Waals surface area (Å²) in [5.74, 6) is -0.0360. The Labute approximate surface area is 199 Å². The Morgan fingerprint density at radius 3 is 2.79 bits per heavy atom. The van der Waals surface area contributed by atoms with Crippen molar-refractivity contribution >= 4 is 23.4 Å². The number of nitrogens with one attached hydrogen (secondary N) is 4. The molecule has 3 aliphatic rings. The van der Waals surface area contributed by atoms with Crippen LogP contribution in [0, 0.1) is 18.8 Å². The molecule has 2 aliphatic heterocycles. The first-order valence-electron chi connectivity index (χ1n) is 11.7. The summed E-state index contributed by atoms with van der Waals surface area (Å²) in [4.78, 5) is 25.9. The van der Waals surface area contributed by atoms with Crippen molar-refractivity contribution in [3.05, 3.63) is 70.2 Å². The molecule has 2 aromatic rings. The van der Waals surface area contributed by atoms with Gasteiger partial charge >= 0.3 is 0 Å². The van der Waals surface area contributed by atoms with Crippen LogP contribution in [0.15, 0.2) is 48.5 Å². The molecule has 0 radical (unpaired) electrons. The Hall–Kier alpha value is -2.45. The molecule has 2 saturated heterocycles. The smallest absolute Gasteiger partial charge is 0.226 e. The van der Waals surface area contributed by atoms with Crippen molar-refractivity contribution in [2.24, 2.45) is 11.8 Å². The average molecular weight is 468 g/mol. The monoisotopic (exact) mass is 467 g/mol. The molecule has 0 spiro atoms. The van der Waals surface area contributed by atoms with E-state index in [0.717, 1.165) is 24.0 Å². The summed E-state index contributed by atoms with van der Waals surface area (Å²) in [5, 5.41) is 9.12. The van der Waals surface area contributed by atoms with E-state index in [2.05, 4.69) is 51.7 Å². The van der Waals surface area contributed by atoms with Crippen molar-refractivity contribution in [1.29, 1.82) is 0 Å². The topological polar surface area (TPSA) is 85.5 Å². The zero-order valence-electron chi connectivity index (χ0n) is 18.7. The lowest BCUT2D eigenvalue weighted by molar-refractivity contribution is -0.143. The quantitative estimate of drug-likeness (QED) is 0.543. The van der Waals surface area contributed by atoms with Gasteiger partial charge in [-0.05, 0) is 55.9 Å². The lowest BCUT2D eigenvalue weighted by Crippen LogP contribution is -2.65. The number of benzene rings is 2. The van der Waals surface area contributed by atoms with Gasteiger partial charge in [-0.2, -0.15) is 5.53 Å². The Morgan fingerprint density at radius 2 is 2.00 bits per heavy atom. The lowest BCUT2D eigenvalue weighted by atomic mass is 9.75. The van der Waals surface area contributed by atoms with E-state index >= 15 is 0 Å². The third-order valence-electron chi connectivity index (χ3n) is 7.16. The van der Waals surface area contributed by atoms with Crippen LogP contribution in [0.25, 0.3) is 0 Å². The first-order chi connectivity index (χ1) is 16.0. The number of fused-ring (bicyclic) bond motifs is 3. The maximum absolute atomic E-state index is 12.9. The lowest BCUT2D eigenvalue weighted by Gasteiger charge is -2.46. The first kappa shape index (κ1) is 22.3. The zero-order valence-corrected chi connectivity index (χ0v) is 19.4. The molecule has 0 aromatic heterocycles. The highest BCUT2D eigenvalue weighted by atomic mass is 35.5. The molecule has 4 N–H and O–H groups in total. The molecule has 2 aromatic carbocycles. The van der Waals surface area contributed by atoms with Crippen molar-refractivity contribution in [2.45, 2.75) is 50.9 Å². The number of halogens is 1. The highest BCUT2D eigenvalue weighted by Gasteiger charge is 2.51. The third kappa shape index (κ3) is 4.64. The van der Waals surface area contributed by atoms with Gasteiger partial charge in [-0.25, -0.2) is 10.4 Å². The molecule has 2 amide bonds. The van der Waals surface area contributed by atoms with Crippen LogP contribution in [0.4, 0.5) is 0 Å². The van der Waals surface area contributed by atoms with Crippen LogP contribution in [0.1, 0.15) is 42.0 Å². The van der Waals surface area contributed by atoms with Crippen molar-refractivity contribution < 1.29 is 9.59 Å². The Kier molecular flexibility index (Phi) is 6.38. The zero-order chi connectivity index (χ0) is 22.9. The minimum absolute atomic E-state index is 0.0215. The van der Waals surface area contributed by atoms with E-state index in [1.54, 1.807) is 0 Å². The van der Waals surface area contributed by atoms with Crippen LogP contribution in [-0.4, -0.2) is 35.6 Å². The van der Waals surface area contributed by atoms with Crippen molar-refractivity contribution in [3.63, 3.8) is 0 Å². The second kappa shape index (κ2) is 9.43. The van der Waals surface area contributed by atoms with Gasteiger partial charge in [0.05, 0.1) is 12.0 Å². The molecular formula is C25H30ClN5O2. The number of hydrogen-bond acceptors (Lipinski definition) is 5. The molecule has 5 atom stereocenters. The van der Waals surface area contributed by atoms with Crippen molar-refractivity contribution in [2.75, 3.05) is 6.54 Å². The molecule has 7 nitrogen and oxygen atoms in total. The van der Waals surface area contributed by atoms with Crippen molar-refractivity contribution in [3.8, 4) is 0 Å². The maximum atomic E-state index is 12.9. The summed E-state index contributed by atoms with van der Waals surface area (Å²) in [6.07, 6.45) is 2.69. The van der Waals surface area contributed by atoms with E-state index in [0.29, 0.717) is 24.4 Å². The number of nitrogens with zero attached hydrogens (tertiary/aromatic N) is 1. The van der Waals surface area contributed by atoms with Crippen molar-refractivity contribution in [1.82, 2.24) is 26.6 Å². The summed E-state index contributed by atoms with van der Waals surface area (Å²) >= 11 is 5.94. The Balaban J connectivity index is 1.22. The summed E-state index contributed by atoms with van der Waals surface area (Å²) in [6, 6.07) is 15.9. The molecule has 5 rings (SSSR count). The van der Waals surface area contributed by atoms with Crippen LogP contribution >= 0.6 is 11.6 Å². The average Bonchev–Trinajstić information content (AvgIpc) is 3.24. The van der Waals surface area contributed by atoms with E-state index in [4.69, 9.17) is 11.6 Å². The molecule has 174 valence electrons. The number of carbonyl (C=O) groups is 2. The number of rotatable bonds is 5. The molecule has 0 bridgehead atoms. The maximum Gasteiger partial charge on any atom is 0.226 e. The largest absolute Gasteiger partial charge is 0.356 e. The summed E-state index contributed by atoms with van der Waals surface area (Å²) in [6.45, 7) is 2.66. The highest BCUT2D eigenvalue weighted by Crippen LogP contribution is 2.38. The molecular weight excluding hydrogens is 438 g/mol. The molecule has 1 saturated carbocycles. The van der Waals surface area contributed by atoms with Gasteiger partial charge in [0.2, 0.25) is 11.8 Å². The number of carbonyl (C=O) groups excluding carboxylic acids is 2. The van der Waals surface area contributed by atoms with Gasteiger partial charge in [-0.1, -0.05) is 53.6 Å². The Morgan fingerprint density at radius 1 is 1.18 bits per heavy atom. The predicted molar refractivity (Wildman–Crippen MR) is 127 cm³/mol. The summed E-state index contributed by atoms with van der Waals surface area (Å²) in [5.41, 5.74) is 10.1. The van der Waals surface area contributed by atoms with E-state index in [1.807, 2.05) is 30.3 Å². The fraction of sp³-hybridized carbons (Fsp3) is 0.440. The van der Waals surface area contributed by atoms with Crippen LogP contribution in [0.2, 0.25) is 5.02 Å². The molecule has 33 heavy (non-hydrogen) atoms. The first-order valence-corrected chi connectivity index (χ1v) is 12.1. The molecule has 5 unspecified atom stereocenters. The van der Waals surface area contributed by atoms with Crippen LogP contribution < -0.4 is 21.6 Å². The second-order valence-corrected chi connectivity index (χ2v) is 9.80. The van der Waals surface area contributed by atoms with Gasteiger partial charge < -0.3 is 10.6 Å². The molecule has 2 heterocycles. The minimum Gasteiger partial charge on any atom is -0.356 e. The normalized spacial score (nSPS) is 29.2. The van der Waals surface area contributed by atoms with Crippen LogP contribution in [0.5, 0.6) is 0 Å². The summed E-state index contributed by atoms with van der Waals surface area (Å²) < 4.78 is 0. The standard InChI is InChI=1S/C25H30ClN5O2/c1-15-3-2-4-17(13-15)22-23-28-25(33)20-10-7-18(14-21(20)31(23)30-29-22)24(32)27-12-11-16-5-8-19(26)9-6-16/h2-6,8-9,13,18,20-23,29-30H,7,10-12,14H2,1H3,(H,27,32)(H,28,33). The molecule has 3 fully saturated rings. The fourth-order valence-corrected chi connectivity index (χ4v) is 5.53. The van der Waals surface area contributed by atoms with E-state index in [1.165, 1.54) is 5.56 Å². The summed E-state index contributed by atoms with van der Waals surface area (Å²) in [7, 11) is 0. The van der Waals surface area contributed by atoms with Crippen LogP contribution in [0.3, 0.4) is 0 Å². The van der Waals surface area contributed by atoms with Gasteiger partial charge in [0.25, 0.3) is 0 Å². The highest BCUT2D eigenvalue weighted by molar-refractivity contribution is 6.30. The van der Waals surface area contributed by atoms with E-state index in [-0.39, 0.29) is 41.9 Å². The number of hydrazine groups is 2. The van der Waals surface area contributed by atoms with E-state index in [9.17, 15) is 9.59 Å². The SMILES string of the molecule is Cc1cccc(C2NNN3C4CC(C(=O)NCCc5ccc(Cl)cc5)CCC4C(=O)NC23)c1. The van der Waals surface area contributed by atoms with Gasteiger partial charge in [0, 0.05) is 23.5 Å². The second-order valence-electron chi connectivity index (χ2n) is 9.36. The van der Waals surface area contributed by atoms with Gasteiger partial charge in [-0.15, -0.1) is 0 Å². The van der Waals surface area contributed by atoms with Gasteiger partial charge in [0.15, 0.2) is 0 Å². The fourth-order valence-electron chi connectivity index (χ4n) is 5.40. The van der Waals surface area contributed by atoms with Gasteiger partial charge in [-0.3, -0.25) is 9.59 Å².